The second kappa shape index (κ2) is 3.90. The van der Waals surface area contributed by atoms with E-state index in [0.717, 1.165) is 13.1 Å². The number of carbonyl (C=O) groups excluding carboxylic acids is 1. The fourth-order valence-corrected chi connectivity index (χ4v) is 1.64. The van der Waals surface area contributed by atoms with E-state index in [1.54, 1.807) is 22.0 Å². The van der Waals surface area contributed by atoms with E-state index in [2.05, 4.69) is 10.4 Å². The minimum absolute atomic E-state index is 0.0723. The lowest BCUT2D eigenvalue weighted by Crippen LogP contribution is -2.35. The number of amides is 1. The minimum atomic E-state index is -0.290. The highest BCUT2D eigenvalue weighted by Crippen LogP contribution is 2.11. The van der Waals surface area contributed by atoms with Crippen LogP contribution in [0.2, 0.25) is 0 Å². The van der Waals surface area contributed by atoms with Gasteiger partial charge in [-0.3, -0.25) is 14.8 Å². The van der Waals surface area contributed by atoms with Crippen molar-refractivity contribution in [2.45, 2.75) is 13.0 Å². The number of hydrogen-bond acceptors (Lipinski definition) is 4. The third-order valence-corrected chi connectivity index (χ3v) is 2.55. The second-order valence-corrected chi connectivity index (χ2v) is 3.69. The van der Waals surface area contributed by atoms with Crippen LogP contribution in [0.25, 0.3) is 0 Å². The normalized spacial score (nSPS) is 18.1. The van der Waals surface area contributed by atoms with E-state index in [4.69, 9.17) is 5.73 Å². The smallest absolute Gasteiger partial charge is 0.248 e. The number of nitrogens with zero attached hydrogens (tertiary/aromatic N) is 3. The second-order valence-electron chi connectivity index (χ2n) is 3.69. The van der Waals surface area contributed by atoms with Gasteiger partial charge < -0.3 is 10.6 Å². The summed E-state index contributed by atoms with van der Waals surface area (Å²) in [5.41, 5.74) is 6.13. The molecule has 0 bridgehead atoms. The van der Waals surface area contributed by atoms with Gasteiger partial charge >= 0.3 is 0 Å². The molecule has 15 heavy (non-hydrogen) atoms. The van der Waals surface area contributed by atoms with Crippen LogP contribution >= 0.6 is 0 Å². The lowest BCUT2D eigenvalue weighted by atomic mass is 10.3. The van der Waals surface area contributed by atoms with Crippen molar-refractivity contribution in [2.24, 2.45) is 0 Å². The Morgan fingerprint density at radius 1 is 1.73 bits per heavy atom. The Morgan fingerprint density at radius 3 is 3.07 bits per heavy atom. The van der Waals surface area contributed by atoms with Gasteiger partial charge in [0.2, 0.25) is 5.91 Å². The Hall–Kier alpha value is -1.56. The van der Waals surface area contributed by atoms with Crippen LogP contribution < -0.4 is 11.1 Å². The third kappa shape index (κ3) is 1.94. The molecule has 1 saturated heterocycles. The first-order valence-electron chi connectivity index (χ1n) is 4.97. The zero-order valence-corrected chi connectivity index (χ0v) is 8.68. The average Bonchev–Trinajstić information content (AvgIpc) is 2.85. The molecule has 0 saturated carbocycles. The van der Waals surface area contributed by atoms with E-state index in [0.29, 0.717) is 12.4 Å². The summed E-state index contributed by atoms with van der Waals surface area (Å²) in [6, 6.07) is -0.290. The lowest BCUT2D eigenvalue weighted by Gasteiger charge is -2.19. The van der Waals surface area contributed by atoms with Crippen LogP contribution in [0.4, 0.5) is 5.69 Å². The molecule has 6 heteroatoms. The van der Waals surface area contributed by atoms with Crippen molar-refractivity contribution in [1.82, 2.24) is 20.0 Å². The topological polar surface area (TPSA) is 76.2 Å². The van der Waals surface area contributed by atoms with Crippen molar-refractivity contribution >= 4 is 11.6 Å². The van der Waals surface area contributed by atoms with E-state index in [9.17, 15) is 4.79 Å². The summed E-state index contributed by atoms with van der Waals surface area (Å²) in [5.74, 6) is 0.0723. The summed E-state index contributed by atoms with van der Waals surface area (Å²) in [4.78, 5) is 13.7. The highest BCUT2D eigenvalue weighted by Gasteiger charge is 2.24. The molecular weight excluding hydrogens is 194 g/mol. The van der Waals surface area contributed by atoms with Crippen molar-refractivity contribution in [3.05, 3.63) is 12.4 Å². The Balaban J connectivity index is 2.06. The van der Waals surface area contributed by atoms with Gasteiger partial charge in [0, 0.05) is 19.3 Å². The highest BCUT2D eigenvalue weighted by molar-refractivity contribution is 5.80. The number of nitrogens with one attached hydrogen (secondary N) is 1. The van der Waals surface area contributed by atoms with Gasteiger partial charge in [-0.15, -0.1) is 0 Å². The first-order valence-corrected chi connectivity index (χ1v) is 4.97. The zero-order valence-electron chi connectivity index (χ0n) is 8.68. The molecule has 0 radical (unpaired) electrons. The van der Waals surface area contributed by atoms with Crippen molar-refractivity contribution in [1.29, 1.82) is 0 Å². The minimum Gasteiger partial charge on any atom is -0.396 e. The SMILES string of the molecule is CC(C(=O)N1CCNC1)n1cc(N)cn1. The number of hydrogen-bond donors (Lipinski definition) is 2. The fourth-order valence-electron chi connectivity index (χ4n) is 1.64. The predicted octanol–water partition coefficient (Wildman–Crippen LogP) is -0.584. The maximum absolute atomic E-state index is 11.9. The molecule has 0 aliphatic carbocycles. The molecule has 82 valence electrons. The predicted molar refractivity (Wildman–Crippen MR) is 55.9 cm³/mol. The molecule has 3 N–H and O–H groups in total. The Bertz CT molecular complexity index is 355. The first-order chi connectivity index (χ1) is 7.18. The Morgan fingerprint density at radius 2 is 2.53 bits per heavy atom. The molecule has 1 aliphatic heterocycles. The van der Waals surface area contributed by atoms with Gasteiger partial charge in [-0.1, -0.05) is 0 Å². The largest absolute Gasteiger partial charge is 0.396 e. The van der Waals surface area contributed by atoms with Gasteiger partial charge in [0.25, 0.3) is 0 Å². The monoisotopic (exact) mass is 209 g/mol. The van der Waals surface area contributed by atoms with Crippen LogP contribution in [0.3, 0.4) is 0 Å². The fraction of sp³-hybridized carbons (Fsp3) is 0.556. The molecule has 1 atom stereocenters. The van der Waals surface area contributed by atoms with E-state index < -0.39 is 0 Å². The van der Waals surface area contributed by atoms with Crippen molar-refractivity contribution in [3.63, 3.8) is 0 Å². The standard InChI is InChI=1S/C9H15N5O/c1-7(14-5-8(10)4-12-14)9(15)13-3-2-11-6-13/h4-5,7,11H,2-3,6,10H2,1H3. The number of carbonyl (C=O) groups is 1. The van der Waals surface area contributed by atoms with Crippen molar-refractivity contribution in [3.8, 4) is 0 Å². The molecule has 2 rings (SSSR count). The van der Waals surface area contributed by atoms with Crippen LogP contribution in [0.1, 0.15) is 13.0 Å². The summed E-state index contributed by atoms with van der Waals surface area (Å²) in [6.45, 7) is 4.08. The zero-order chi connectivity index (χ0) is 10.8. The third-order valence-electron chi connectivity index (χ3n) is 2.55. The van der Waals surface area contributed by atoms with E-state index in [1.165, 1.54) is 0 Å². The number of rotatable bonds is 2. The van der Waals surface area contributed by atoms with Gasteiger partial charge in [-0.05, 0) is 6.92 Å². The summed E-state index contributed by atoms with van der Waals surface area (Å²) in [6.07, 6.45) is 3.22. The summed E-state index contributed by atoms with van der Waals surface area (Å²) in [5, 5.41) is 7.15. The molecule has 1 fully saturated rings. The number of aromatic nitrogens is 2. The Labute approximate surface area is 88.0 Å². The molecule has 1 aromatic rings. The molecule has 0 aromatic carbocycles. The molecule has 1 aromatic heterocycles. The van der Waals surface area contributed by atoms with Crippen LogP contribution in [0, 0.1) is 0 Å². The van der Waals surface area contributed by atoms with Crippen LogP contribution in [-0.2, 0) is 4.79 Å². The lowest BCUT2D eigenvalue weighted by molar-refractivity contribution is -0.133. The van der Waals surface area contributed by atoms with E-state index in [1.807, 2.05) is 6.92 Å². The summed E-state index contributed by atoms with van der Waals surface area (Å²) in [7, 11) is 0. The Kier molecular flexibility index (Phi) is 2.59. The molecule has 1 unspecified atom stereocenters. The summed E-state index contributed by atoms with van der Waals surface area (Å²) >= 11 is 0. The molecule has 1 aliphatic rings. The van der Waals surface area contributed by atoms with Gasteiger partial charge in [-0.2, -0.15) is 5.10 Å². The number of nitrogens with two attached hydrogens (primary N) is 1. The van der Waals surface area contributed by atoms with Gasteiger partial charge in [0.1, 0.15) is 6.04 Å². The summed E-state index contributed by atoms with van der Waals surface area (Å²) < 4.78 is 1.59. The maximum atomic E-state index is 11.9. The molecule has 6 nitrogen and oxygen atoms in total. The van der Waals surface area contributed by atoms with Gasteiger partial charge in [0.15, 0.2) is 0 Å². The molecule has 1 amide bonds. The van der Waals surface area contributed by atoms with Gasteiger partial charge in [-0.25, -0.2) is 0 Å². The van der Waals surface area contributed by atoms with E-state index >= 15 is 0 Å². The highest BCUT2D eigenvalue weighted by atomic mass is 16.2. The van der Waals surface area contributed by atoms with Crippen LogP contribution in [-0.4, -0.2) is 40.3 Å². The van der Waals surface area contributed by atoms with Crippen molar-refractivity contribution in [2.75, 3.05) is 25.5 Å². The van der Waals surface area contributed by atoms with E-state index in [-0.39, 0.29) is 11.9 Å². The van der Waals surface area contributed by atoms with Crippen molar-refractivity contribution < 1.29 is 4.79 Å². The molecule has 2 heterocycles. The molecular formula is C9H15N5O. The van der Waals surface area contributed by atoms with Gasteiger partial charge in [0.05, 0.1) is 18.6 Å². The number of anilines is 1. The number of nitrogen functional groups attached to an aromatic ring is 1. The van der Waals surface area contributed by atoms with Crippen LogP contribution in [0.5, 0.6) is 0 Å². The molecule has 0 spiro atoms. The van der Waals surface area contributed by atoms with Crippen LogP contribution in [0.15, 0.2) is 12.4 Å². The average molecular weight is 209 g/mol. The quantitative estimate of drug-likeness (QED) is 0.683. The first kappa shape index (κ1) is 9.97. The maximum Gasteiger partial charge on any atom is 0.248 e.